The summed E-state index contributed by atoms with van der Waals surface area (Å²) in [6.45, 7) is 1.89. The van der Waals surface area contributed by atoms with Gasteiger partial charge in [0.15, 0.2) is 0 Å². The lowest BCUT2D eigenvalue weighted by Gasteiger charge is -2.30. The van der Waals surface area contributed by atoms with Crippen LogP contribution in [0, 0.1) is 17.2 Å². The van der Waals surface area contributed by atoms with Gasteiger partial charge in [0.25, 0.3) is 10.2 Å². The van der Waals surface area contributed by atoms with Gasteiger partial charge in [0.1, 0.15) is 16.8 Å². The third kappa shape index (κ3) is 5.20. The molecule has 2 aliphatic carbocycles. The van der Waals surface area contributed by atoms with Crippen LogP contribution in [0.1, 0.15) is 50.6 Å². The summed E-state index contributed by atoms with van der Waals surface area (Å²) in [5.41, 5.74) is 3.60. The molecule has 0 bridgehead atoms. The zero-order valence-corrected chi connectivity index (χ0v) is 23.0. The monoisotopic (exact) mass is 561 g/mol. The van der Waals surface area contributed by atoms with Crippen molar-refractivity contribution in [1.82, 2.24) is 14.3 Å². The molecule has 2 saturated carbocycles. The molecular weight excluding hydrogens is 534 g/mol. The van der Waals surface area contributed by atoms with Gasteiger partial charge in [0.05, 0.1) is 16.8 Å². The second-order valence-corrected chi connectivity index (χ2v) is 12.1. The van der Waals surface area contributed by atoms with Gasteiger partial charge in [-0.25, -0.2) is 4.98 Å². The van der Waals surface area contributed by atoms with Crippen LogP contribution in [0.5, 0.6) is 11.6 Å². The van der Waals surface area contributed by atoms with Gasteiger partial charge < -0.3 is 9.30 Å². The largest absolute Gasteiger partial charge is 0.437 e. The summed E-state index contributed by atoms with van der Waals surface area (Å²) in [7, 11) is -3.69. The number of pyridine rings is 1. The maximum Gasteiger partial charge on any atom is 0.299 e. The average Bonchev–Trinajstić information content (AvgIpc) is 3.68. The van der Waals surface area contributed by atoms with E-state index in [1.54, 1.807) is 30.5 Å². The maximum atomic E-state index is 12.6. The minimum atomic E-state index is -3.69. The van der Waals surface area contributed by atoms with Gasteiger partial charge in [0.2, 0.25) is 5.88 Å². The molecule has 2 aliphatic rings. The Morgan fingerprint density at radius 3 is 2.54 bits per heavy atom. The fourth-order valence-corrected chi connectivity index (χ4v) is 6.50. The first kappa shape index (κ1) is 25.7. The van der Waals surface area contributed by atoms with Crippen LogP contribution in [0.15, 0.2) is 60.8 Å². The number of benzene rings is 2. The van der Waals surface area contributed by atoms with E-state index >= 15 is 0 Å². The van der Waals surface area contributed by atoms with Gasteiger partial charge in [-0.3, -0.25) is 4.72 Å². The Hall–Kier alpha value is -3.58. The second kappa shape index (κ2) is 10.2. The molecule has 2 aromatic heterocycles. The molecule has 200 valence electrons. The number of rotatable bonds is 9. The van der Waals surface area contributed by atoms with Crippen molar-refractivity contribution >= 4 is 38.4 Å². The summed E-state index contributed by atoms with van der Waals surface area (Å²) in [5, 5.41) is 11.5. The molecule has 0 amide bonds. The molecule has 2 N–H and O–H groups in total. The molecule has 0 saturated heterocycles. The number of aromatic nitrogens is 2. The van der Waals surface area contributed by atoms with Crippen LogP contribution < -0.4 is 14.2 Å². The van der Waals surface area contributed by atoms with Crippen LogP contribution in [0.25, 0.3) is 22.2 Å². The smallest absolute Gasteiger partial charge is 0.299 e. The topological polar surface area (TPSA) is 109 Å². The summed E-state index contributed by atoms with van der Waals surface area (Å²) >= 11 is 6.25. The van der Waals surface area contributed by atoms with Crippen molar-refractivity contribution in [2.24, 2.45) is 5.92 Å². The quantitative estimate of drug-likeness (QED) is 0.234. The highest BCUT2D eigenvalue weighted by Gasteiger charge is 2.31. The maximum absolute atomic E-state index is 12.6. The summed E-state index contributed by atoms with van der Waals surface area (Å²) in [4.78, 5) is 4.22. The van der Waals surface area contributed by atoms with Crippen LogP contribution in [-0.2, 0) is 10.2 Å². The van der Waals surface area contributed by atoms with E-state index in [0.29, 0.717) is 33.8 Å². The summed E-state index contributed by atoms with van der Waals surface area (Å²) in [5.74, 6) is 1.31. The molecule has 8 nitrogen and oxygen atoms in total. The van der Waals surface area contributed by atoms with Crippen LogP contribution in [0.4, 0.5) is 5.69 Å². The third-order valence-electron chi connectivity index (χ3n) is 7.55. The van der Waals surface area contributed by atoms with E-state index in [-0.39, 0.29) is 12.1 Å². The highest BCUT2D eigenvalue weighted by atomic mass is 35.5. The number of anilines is 1. The zero-order valence-electron chi connectivity index (χ0n) is 21.4. The Morgan fingerprint density at radius 1 is 1.13 bits per heavy atom. The highest BCUT2D eigenvalue weighted by molar-refractivity contribution is 7.90. The van der Waals surface area contributed by atoms with Gasteiger partial charge in [-0.05, 0) is 86.9 Å². The Bertz CT molecular complexity index is 1690. The molecule has 10 heteroatoms. The van der Waals surface area contributed by atoms with E-state index in [1.807, 2.05) is 37.3 Å². The van der Waals surface area contributed by atoms with E-state index in [0.717, 1.165) is 54.3 Å². The normalized spacial score (nSPS) is 16.4. The molecule has 39 heavy (non-hydrogen) atoms. The number of hydrogen-bond donors (Lipinski definition) is 2. The van der Waals surface area contributed by atoms with Crippen molar-refractivity contribution in [2.75, 3.05) is 4.72 Å². The minimum Gasteiger partial charge on any atom is -0.437 e. The van der Waals surface area contributed by atoms with E-state index < -0.39 is 10.2 Å². The number of hydrogen-bond acceptors (Lipinski definition) is 5. The van der Waals surface area contributed by atoms with Gasteiger partial charge >= 0.3 is 0 Å². The number of nitrogens with one attached hydrogen (secondary N) is 2. The van der Waals surface area contributed by atoms with Crippen LogP contribution >= 0.6 is 11.6 Å². The highest BCUT2D eigenvalue weighted by Crippen LogP contribution is 2.44. The summed E-state index contributed by atoms with van der Waals surface area (Å²) in [6, 6.07) is 18.9. The first-order valence-electron chi connectivity index (χ1n) is 13.1. The van der Waals surface area contributed by atoms with Crippen molar-refractivity contribution in [3.05, 3.63) is 71.4 Å². The molecule has 0 radical (unpaired) electrons. The van der Waals surface area contributed by atoms with E-state index in [1.165, 1.54) is 0 Å². The minimum absolute atomic E-state index is 0.0966. The van der Waals surface area contributed by atoms with Crippen molar-refractivity contribution in [3.8, 4) is 29.0 Å². The standard InChI is InChI=1S/C29H28ClN5O3S/c1-18(19-7-8-19)33-39(36,37)34-21-11-9-20(10-12-21)28-25(17-31)24-14-13-23(38-29-26(30)6-3-15-32-29)16-27(24)35(28)22-4-2-5-22/h3,6,9-16,18-19,22,33-34H,2,4-5,7-8H2,1H3/t18-/m0/s1. The van der Waals surface area contributed by atoms with E-state index in [2.05, 4.69) is 25.1 Å². The van der Waals surface area contributed by atoms with Crippen molar-refractivity contribution in [1.29, 1.82) is 5.26 Å². The lowest BCUT2D eigenvalue weighted by Crippen LogP contribution is -2.38. The summed E-state index contributed by atoms with van der Waals surface area (Å²) in [6.07, 6.45) is 6.88. The fraction of sp³-hybridized carbons (Fsp3) is 0.310. The van der Waals surface area contributed by atoms with Gasteiger partial charge in [-0.2, -0.15) is 18.4 Å². The van der Waals surface area contributed by atoms with Gasteiger partial charge in [-0.15, -0.1) is 0 Å². The Labute approximate surface area is 232 Å². The number of nitrogens with zero attached hydrogens (tertiary/aromatic N) is 3. The number of halogens is 1. The number of ether oxygens (including phenoxy) is 1. The van der Waals surface area contributed by atoms with Crippen LogP contribution in [-0.4, -0.2) is 24.0 Å². The Balaban J connectivity index is 1.36. The molecule has 0 unspecified atom stereocenters. The second-order valence-electron chi connectivity index (χ2n) is 10.3. The SMILES string of the molecule is C[C@H](NS(=O)(=O)Nc1ccc(-c2c(C#N)c3ccc(Oc4ncccc4Cl)cc3n2C2CCC2)cc1)C1CC1. The lowest BCUT2D eigenvalue weighted by atomic mass is 9.92. The van der Waals surface area contributed by atoms with E-state index in [4.69, 9.17) is 16.3 Å². The third-order valence-corrected chi connectivity index (χ3v) is 9.02. The molecule has 0 aliphatic heterocycles. The van der Waals surface area contributed by atoms with Crippen LogP contribution in [0.3, 0.4) is 0 Å². The molecule has 2 heterocycles. The molecule has 6 rings (SSSR count). The van der Waals surface area contributed by atoms with Gasteiger partial charge in [-0.1, -0.05) is 23.7 Å². The fourth-order valence-electron chi connectivity index (χ4n) is 5.15. The molecule has 2 aromatic carbocycles. The Kier molecular flexibility index (Phi) is 6.71. The van der Waals surface area contributed by atoms with Crippen molar-refractivity contribution in [2.45, 2.75) is 51.1 Å². The van der Waals surface area contributed by atoms with Crippen molar-refractivity contribution in [3.63, 3.8) is 0 Å². The molecule has 0 spiro atoms. The Morgan fingerprint density at radius 2 is 1.90 bits per heavy atom. The molecular formula is C29H28ClN5O3S. The van der Waals surface area contributed by atoms with E-state index in [9.17, 15) is 13.7 Å². The predicted octanol–water partition coefficient (Wildman–Crippen LogP) is 6.79. The molecule has 2 fully saturated rings. The first-order chi connectivity index (χ1) is 18.8. The molecule has 4 aromatic rings. The van der Waals surface area contributed by atoms with Crippen molar-refractivity contribution < 1.29 is 13.2 Å². The first-order valence-corrected chi connectivity index (χ1v) is 15.0. The zero-order chi connectivity index (χ0) is 27.1. The lowest BCUT2D eigenvalue weighted by molar-refractivity contribution is 0.324. The predicted molar refractivity (Wildman–Crippen MR) is 152 cm³/mol. The average molecular weight is 562 g/mol. The molecule has 1 atom stereocenters. The number of fused-ring (bicyclic) bond motifs is 1. The summed E-state index contributed by atoms with van der Waals surface area (Å²) < 4.78 is 38.7. The van der Waals surface area contributed by atoms with Crippen LogP contribution in [0.2, 0.25) is 5.02 Å². The van der Waals surface area contributed by atoms with Gasteiger partial charge in [0, 0.05) is 35.4 Å². The number of nitriles is 1.